The lowest BCUT2D eigenvalue weighted by atomic mass is 9.41. The molecule has 248 valence electrons. The summed E-state index contributed by atoms with van der Waals surface area (Å²) >= 11 is 0. The van der Waals surface area contributed by atoms with E-state index in [1.807, 2.05) is 0 Å². The van der Waals surface area contributed by atoms with Gasteiger partial charge in [-0.25, -0.2) is 0 Å². The average Bonchev–Trinajstić information content (AvgIpc) is 3.32. The van der Waals surface area contributed by atoms with Gasteiger partial charge in [0.2, 0.25) is 5.91 Å². The minimum absolute atomic E-state index is 0.0118. The Morgan fingerprint density at radius 1 is 1.00 bits per heavy atom. The van der Waals surface area contributed by atoms with Crippen LogP contribution in [-0.2, 0) is 19.6 Å². The Balaban J connectivity index is 1.31. The molecule has 0 aromatic heterocycles. The van der Waals surface area contributed by atoms with Crippen LogP contribution in [0.5, 0.6) is 0 Å². The van der Waals surface area contributed by atoms with Crippen LogP contribution < -0.4 is 0 Å². The molecule has 0 bridgehead atoms. The van der Waals surface area contributed by atoms with Crippen molar-refractivity contribution in [3.8, 4) is 0 Å². The van der Waals surface area contributed by atoms with E-state index in [-0.39, 0.29) is 76.9 Å². The van der Waals surface area contributed by atoms with Gasteiger partial charge in [-0.1, -0.05) is 34.1 Å². The molecule has 4 N–H and O–H groups in total. The Morgan fingerprint density at radius 2 is 1.70 bits per heavy atom. The largest absolute Gasteiger partial charge is 0.393 e. The zero-order valence-corrected chi connectivity index (χ0v) is 27.6. The fourth-order valence-corrected chi connectivity index (χ4v) is 11.7. The van der Waals surface area contributed by atoms with Crippen LogP contribution in [0.1, 0.15) is 98.3 Å². The van der Waals surface area contributed by atoms with E-state index >= 15 is 0 Å². The molecule has 4 aliphatic carbocycles. The summed E-state index contributed by atoms with van der Waals surface area (Å²) in [5, 5.41) is 34.5. The minimum atomic E-state index is -4.18. The molecule has 12 atom stereocenters. The number of carbonyl (C=O) groups is 1. The topological polar surface area (TPSA) is 145 Å². The first-order chi connectivity index (χ1) is 20.2. The fraction of sp³-hybridized carbons (Fsp3) is 0.970. The lowest BCUT2D eigenvalue weighted by molar-refractivity contribution is -0.228. The van der Waals surface area contributed by atoms with Crippen molar-refractivity contribution >= 4 is 16.0 Å². The third kappa shape index (κ3) is 6.19. The molecule has 5 fully saturated rings. The van der Waals surface area contributed by atoms with Crippen molar-refractivity contribution in [3.63, 3.8) is 0 Å². The number of amides is 1. The van der Waals surface area contributed by atoms with E-state index in [9.17, 15) is 33.1 Å². The predicted molar refractivity (Wildman–Crippen MR) is 164 cm³/mol. The number of aliphatic hydroxyl groups excluding tert-OH is 3. The van der Waals surface area contributed by atoms with Crippen LogP contribution in [-0.4, -0.2) is 89.0 Å². The van der Waals surface area contributed by atoms with Crippen molar-refractivity contribution in [2.24, 2.45) is 52.3 Å². The summed E-state index contributed by atoms with van der Waals surface area (Å²) in [7, 11) is -4.18. The SMILES string of the molecule is CC[C@H]1[C@@H](O)[C@@H]2[C@H](C[C@H](O)[C@]3(C)[C@@H]([C@H](C)CCC(=O)N(CCS(=O)(=O)O)C4CCOCC4)CC[C@@H]23)[C@@]2(C)CC[C@@H](O)C[C@@H]12. The number of carbonyl (C=O) groups excluding carboxylic acids is 1. The minimum Gasteiger partial charge on any atom is -0.393 e. The first-order valence-electron chi connectivity index (χ1n) is 17.1. The molecule has 0 spiro atoms. The third-order valence-corrected chi connectivity index (χ3v) is 14.3. The Labute approximate surface area is 258 Å². The smallest absolute Gasteiger partial charge is 0.266 e. The van der Waals surface area contributed by atoms with E-state index in [4.69, 9.17) is 4.74 Å². The van der Waals surface area contributed by atoms with Gasteiger partial charge in [0.25, 0.3) is 10.1 Å². The number of nitrogens with zero attached hydrogens (tertiary/aromatic N) is 1. The molecule has 1 saturated heterocycles. The molecule has 0 aromatic carbocycles. The number of fused-ring (bicyclic) bond motifs is 5. The quantitative estimate of drug-likeness (QED) is 0.282. The van der Waals surface area contributed by atoms with Gasteiger partial charge in [0.1, 0.15) is 0 Å². The zero-order valence-electron chi connectivity index (χ0n) is 26.7. The Bertz CT molecular complexity index is 1100. The Morgan fingerprint density at radius 3 is 2.35 bits per heavy atom. The van der Waals surface area contributed by atoms with Crippen molar-refractivity contribution in [2.75, 3.05) is 25.5 Å². The Kier molecular flexibility index (Phi) is 9.98. The number of hydrogen-bond acceptors (Lipinski definition) is 7. The maximum Gasteiger partial charge on any atom is 0.266 e. The van der Waals surface area contributed by atoms with Gasteiger partial charge in [-0.2, -0.15) is 8.42 Å². The lowest BCUT2D eigenvalue weighted by Gasteiger charge is -2.65. The normalized spacial score (nSPS) is 44.2. The monoisotopic (exact) mass is 627 g/mol. The molecular formula is C33H57NO8S. The van der Waals surface area contributed by atoms with Crippen molar-refractivity contribution in [1.29, 1.82) is 0 Å². The second-order valence-electron chi connectivity index (χ2n) is 15.4. The molecule has 1 aliphatic heterocycles. The highest BCUT2D eigenvalue weighted by atomic mass is 32.2. The van der Waals surface area contributed by atoms with Gasteiger partial charge in [0.15, 0.2) is 0 Å². The van der Waals surface area contributed by atoms with Crippen LogP contribution in [0.2, 0.25) is 0 Å². The predicted octanol–water partition coefficient (Wildman–Crippen LogP) is 3.90. The van der Waals surface area contributed by atoms with Gasteiger partial charge in [-0.3, -0.25) is 9.35 Å². The number of ether oxygens (including phenoxy) is 1. The highest BCUT2D eigenvalue weighted by molar-refractivity contribution is 7.85. The van der Waals surface area contributed by atoms with E-state index in [1.165, 1.54) is 0 Å². The summed E-state index contributed by atoms with van der Waals surface area (Å²) in [6, 6.07) is -0.0887. The molecule has 1 amide bonds. The number of aliphatic hydroxyl groups is 3. The molecule has 10 heteroatoms. The maximum absolute atomic E-state index is 13.5. The molecule has 9 nitrogen and oxygen atoms in total. The van der Waals surface area contributed by atoms with Crippen LogP contribution in [0, 0.1) is 52.3 Å². The average molecular weight is 628 g/mol. The molecule has 5 rings (SSSR count). The molecule has 43 heavy (non-hydrogen) atoms. The number of rotatable bonds is 9. The summed E-state index contributed by atoms with van der Waals surface area (Å²) in [5.74, 6) is 0.873. The second-order valence-corrected chi connectivity index (χ2v) is 17.0. The van der Waals surface area contributed by atoms with Gasteiger partial charge in [-0.15, -0.1) is 0 Å². The van der Waals surface area contributed by atoms with Gasteiger partial charge in [-0.05, 0) is 110 Å². The lowest BCUT2D eigenvalue weighted by Crippen LogP contribution is -2.65. The molecule has 0 radical (unpaired) electrons. The van der Waals surface area contributed by atoms with Gasteiger partial charge >= 0.3 is 0 Å². The number of hydrogen-bond donors (Lipinski definition) is 4. The second kappa shape index (κ2) is 12.8. The van der Waals surface area contributed by atoms with Crippen LogP contribution >= 0.6 is 0 Å². The summed E-state index contributed by atoms with van der Waals surface area (Å²) in [5.41, 5.74) is -0.330. The summed E-state index contributed by atoms with van der Waals surface area (Å²) in [6.45, 7) is 10.0. The fourth-order valence-electron chi connectivity index (χ4n) is 11.3. The Hall–Kier alpha value is -0.780. The standard InChI is InChI=1S/C33H57NO8S/c1-5-23-26-18-22(35)10-13-32(26,3)27-19-28(36)33(4)24(7-8-25(33)30(27)31(23)38)20(2)6-9-29(37)34(14-17-43(39,40)41)21-11-15-42-16-12-21/h20-28,30-31,35-36,38H,5-19H2,1-4H3,(H,39,40,41)/t20-,22-,23-,24-,25+,26+,27+,28+,30+,31-,32+,33-/m1/s1. The molecular weight excluding hydrogens is 570 g/mol. The molecule has 0 unspecified atom stereocenters. The zero-order chi connectivity index (χ0) is 31.3. The summed E-state index contributed by atoms with van der Waals surface area (Å²) in [6.07, 6.45) is 7.05. The molecule has 5 aliphatic rings. The van der Waals surface area contributed by atoms with Crippen molar-refractivity contribution in [3.05, 3.63) is 0 Å². The van der Waals surface area contributed by atoms with Gasteiger partial charge in [0, 0.05) is 32.2 Å². The molecule has 1 heterocycles. The van der Waals surface area contributed by atoms with E-state index in [2.05, 4.69) is 27.7 Å². The highest BCUT2D eigenvalue weighted by Gasteiger charge is 2.67. The van der Waals surface area contributed by atoms with Gasteiger partial charge < -0.3 is 25.0 Å². The third-order valence-electron chi connectivity index (χ3n) is 13.6. The van der Waals surface area contributed by atoms with Crippen molar-refractivity contribution in [2.45, 2.75) is 123 Å². The molecule has 4 saturated carbocycles. The first kappa shape index (κ1) is 33.6. The maximum atomic E-state index is 13.5. The van der Waals surface area contributed by atoms with Crippen molar-refractivity contribution < 1.29 is 37.8 Å². The van der Waals surface area contributed by atoms with Gasteiger partial charge in [0.05, 0.1) is 24.1 Å². The summed E-state index contributed by atoms with van der Waals surface area (Å²) in [4.78, 5) is 15.1. The van der Waals surface area contributed by atoms with Crippen LogP contribution in [0.25, 0.3) is 0 Å². The van der Waals surface area contributed by atoms with E-state index in [0.717, 1.165) is 38.5 Å². The van der Waals surface area contributed by atoms with Crippen LogP contribution in [0.4, 0.5) is 0 Å². The van der Waals surface area contributed by atoms with Crippen LogP contribution in [0.3, 0.4) is 0 Å². The van der Waals surface area contributed by atoms with Crippen LogP contribution in [0.15, 0.2) is 0 Å². The van der Waals surface area contributed by atoms with E-state index in [0.29, 0.717) is 45.3 Å². The summed E-state index contributed by atoms with van der Waals surface area (Å²) < 4.78 is 37.8. The first-order valence-corrected chi connectivity index (χ1v) is 18.7. The van der Waals surface area contributed by atoms with E-state index < -0.39 is 28.1 Å². The molecule has 0 aromatic rings. The van der Waals surface area contributed by atoms with Crippen molar-refractivity contribution in [1.82, 2.24) is 4.90 Å². The van der Waals surface area contributed by atoms with E-state index in [1.54, 1.807) is 4.90 Å². The highest BCUT2D eigenvalue weighted by Crippen LogP contribution is 2.69.